The number of hydrogen-bond donors (Lipinski definition) is 1. The summed E-state index contributed by atoms with van der Waals surface area (Å²) >= 11 is 0. The topological polar surface area (TPSA) is 67.2 Å². The number of aromatic nitrogens is 2. The van der Waals surface area contributed by atoms with Gasteiger partial charge in [0.2, 0.25) is 0 Å². The van der Waals surface area contributed by atoms with Crippen molar-refractivity contribution in [3.8, 4) is 0 Å². The van der Waals surface area contributed by atoms with E-state index in [4.69, 9.17) is 0 Å². The van der Waals surface area contributed by atoms with Crippen molar-refractivity contribution in [3.05, 3.63) is 88.0 Å². The molecule has 7 heteroatoms. The number of aryl methyl sites for hydroxylation is 2. The normalized spacial score (nSPS) is 13.1. The van der Waals surface area contributed by atoms with Crippen molar-refractivity contribution in [1.82, 2.24) is 20.0 Å². The summed E-state index contributed by atoms with van der Waals surface area (Å²) in [5, 5.41) is 7.31. The Morgan fingerprint density at radius 3 is 2.73 bits per heavy atom. The summed E-state index contributed by atoms with van der Waals surface area (Å²) in [6.07, 6.45) is 0.560. The highest BCUT2D eigenvalue weighted by atomic mass is 19.1. The number of benzene rings is 2. The molecule has 1 N–H and O–H groups in total. The first kappa shape index (κ1) is 19.8. The summed E-state index contributed by atoms with van der Waals surface area (Å²) in [7, 11) is 1.80. The maximum Gasteiger partial charge on any atom is 0.272 e. The number of halogens is 1. The molecule has 1 aliphatic heterocycles. The molecule has 3 aromatic rings. The van der Waals surface area contributed by atoms with E-state index < -0.39 is 5.82 Å². The second kappa shape index (κ2) is 8.10. The Balaban J connectivity index is 1.53. The Hall–Kier alpha value is -3.48. The maximum absolute atomic E-state index is 14.1. The van der Waals surface area contributed by atoms with E-state index in [1.807, 2.05) is 31.2 Å². The van der Waals surface area contributed by atoms with Crippen LogP contribution < -0.4 is 5.32 Å². The molecule has 0 spiro atoms. The maximum atomic E-state index is 14.1. The molecule has 0 atom stereocenters. The van der Waals surface area contributed by atoms with Crippen LogP contribution in [0.3, 0.4) is 0 Å². The Morgan fingerprint density at radius 1 is 1.17 bits per heavy atom. The lowest BCUT2D eigenvalue weighted by molar-refractivity contribution is 0.0725. The predicted octanol–water partition coefficient (Wildman–Crippen LogP) is 3.00. The zero-order valence-electron chi connectivity index (χ0n) is 17.0. The summed E-state index contributed by atoms with van der Waals surface area (Å²) in [6.45, 7) is 3.07. The molecule has 6 nitrogen and oxygen atoms in total. The number of carbonyl (C=O) groups is 2. The van der Waals surface area contributed by atoms with Gasteiger partial charge in [-0.15, -0.1) is 0 Å². The quantitative estimate of drug-likeness (QED) is 0.724. The molecule has 154 valence electrons. The molecule has 0 saturated heterocycles. The van der Waals surface area contributed by atoms with Gasteiger partial charge in [0, 0.05) is 37.8 Å². The summed E-state index contributed by atoms with van der Waals surface area (Å²) in [5.74, 6) is -1.21. The van der Waals surface area contributed by atoms with E-state index in [0.717, 1.165) is 22.4 Å². The van der Waals surface area contributed by atoms with Crippen molar-refractivity contribution in [2.45, 2.75) is 26.4 Å². The second-order valence-electron chi connectivity index (χ2n) is 7.53. The number of rotatable bonds is 4. The van der Waals surface area contributed by atoms with Gasteiger partial charge in [-0.2, -0.15) is 5.10 Å². The van der Waals surface area contributed by atoms with Crippen LogP contribution in [0.2, 0.25) is 0 Å². The Bertz CT molecular complexity index is 1120. The molecule has 0 fully saturated rings. The predicted molar refractivity (Wildman–Crippen MR) is 110 cm³/mol. The first-order valence-corrected chi connectivity index (χ1v) is 9.86. The van der Waals surface area contributed by atoms with E-state index in [9.17, 15) is 14.0 Å². The van der Waals surface area contributed by atoms with E-state index in [2.05, 4.69) is 10.4 Å². The van der Waals surface area contributed by atoms with Gasteiger partial charge in [-0.3, -0.25) is 14.3 Å². The van der Waals surface area contributed by atoms with Crippen molar-refractivity contribution >= 4 is 11.8 Å². The highest BCUT2D eigenvalue weighted by Crippen LogP contribution is 2.24. The molecule has 2 amide bonds. The molecule has 0 saturated carbocycles. The number of amides is 2. The summed E-state index contributed by atoms with van der Waals surface area (Å²) < 4.78 is 15.8. The van der Waals surface area contributed by atoms with E-state index in [1.54, 1.807) is 28.8 Å². The molecule has 0 radical (unpaired) electrons. The summed E-state index contributed by atoms with van der Waals surface area (Å²) in [5.41, 5.74) is 4.12. The minimum Gasteiger partial charge on any atom is -0.347 e. The smallest absolute Gasteiger partial charge is 0.272 e. The Kier molecular flexibility index (Phi) is 5.35. The largest absolute Gasteiger partial charge is 0.347 e. The van der Waals surface area contributed by atoms with Crippen LogP contribution >= 0.6 is 0 Å². The highest BCUT2D eigenvalue weighted by Gasteiger charge is 2.30. The fraction of sp³-hybridized carbons (Fsp3) is 0.261. The molecule has 4 rings (SSSR count). The van der Waals surface area contributed by atoms with E-state index in [1.165, 1.54) is 12.1 Å². The van der Waals surface area contributed by atoms with Crippen molar-refractivity contribution in [2.75, 3.05) is 6.54 Å². The third kappa shape index (κ3) is 3.83. The van der Waals surface area contributed by atoms with Gasteiger partial charge >= 0.3 is 0 Å². The van der Waals surface area contributed by atoms with Gasteiger partial charge in [0.25, 0.3) is 11.8 Å². The minimum absolute atomic E-state index is 0.0373. The van der Waals surface area contributed by atoms with E-state index >= 15 is 0 Å². The highest BCUT2D eigenvalue weighted by molar-refractivity contribution is 5.96. The zero-order valence-corrected chi connectivity index (χ0v) is 17.0. The molecule has 0 aliphatic carbocycles. The lowest BCUT2D eigenvalue weighted by atomic mass is 10.0. The average molecular weight is 406 g/mol. The Labute approximate surface area is 174 Å². The molecule has 2 heterocycles. The third-order valence-electron chi connectivity index (χ3n) is 5.38. The molecular weight excluding hydrogens is 383 g/mol. The number of nitrogens with one attached hydrogen (secondary N) is 1. The minimum atomic E-state index is -0.546. The van der Waals surface area contributed by atoms with Gasteiger partial charge in [0.1, 0.15) is 5.82 Å². The standard InChI is InChI=1S/C23H23FN4O2/c1-15-6-5-7-16(12-15)13-25-22(29)21-18-14-28(11-10-20(18)27(2)26-21)23(30)17-8-3-4-9-19(17)24/h3-9,12H,10-11,13-14H2,1-2H3,(H,25,29). The zero-order chi connectivity index (χ0) is 21.3. The van der Waals surface area contributed by atoms with Crippen LogP contribution in [0, 0.1) is 12.7 Å². The van der Waals surface area contributed by atoms with Crippen molar-refractivity contribution < 1.29 is 14.0 Å². The Morgan fingerprint density at radius 2 is 1.97 bits per heavy atom. The molecule has 1 aliphatic rings. The van der Waals surface area contributed by atoms with Gasteiger partial charge in [0.15, 0.2) is 5.69 Å². The number of hydrogen-bond acceptors (Lipinski definition) is 3. The second-order valence-corrected chi connectivity index (χ2v) is 7.53. The van der Waals surface area contributed by atoms with Gasteiger partial charge in [-0.25, -0.2) is 4.39 Å². The SMILES string of the molecule is Cc1cccc(CNC(=O)c2nn(C)c3c2CN(C(=O)c2ccccc2F)CC3)c1. The van der Waals surface area contributed by atoms with Crippen LogP contribution in [-0.2, 0) is 26.6 Å². The van der Waals surface area contributed by atoms with Crippen LogP contribution in [0.25, 0.3) is 0 Å². The molecular formula is C23H23FN4O2. The lowest BCUT2D eigenvalue weighted by Gasteiger charge is -2.27. The van der Waals surface area contributed by atoms with Crippen molar-refractivity contribution in [1.29, 1.82) is 0 Å². The summed E-state index contributed by atoms with van der Waals surface area (Å²) in [6, 6.07) is 13.9. The van der Waals surface area contributed by atoms with Gasteiger partial charge in [0.05, 0.1) is 12.1 Å². The number of nitrogens with zero attached hydrogens (tertiary/aromatic N) is 3. The van der Waals surface area contributed by atoms with Crippen LogP contribution in [0.4, 0.5) is 4.39 Å². The van der Waals surface area contributed by atoms with E-state index in [-0.39, 0.29) is 23.9 Å². The number of fused-ring (bicyclic) bond motifs is 1. The van der Waals surface area contributed by atoms with E-state index in [0.29, 0.717) is 25.2 Å². The lowest BCUT2D eigenvalue weighted by Crippen LogP contribution is -2.37. The third-order valence-corrected chi connectivity index (χ3v) is 5.38. The summed E-state index contributed by atoms with van der Waals surface area (Å²) in [4.78, 5) is 27.2. The molecule has 2 aromatic carbocycles. The van der Waals surface area contributed by atoms with Crippen LogP contribution in [0.1, 0.15) is 43.2 Å². The average Bonchev–Trinajstić information content (AvgIpc) is 3.08. The fourth-order valence-corrected chi connectivity index (χ4v) is 3.84. The molecule has 0 unspecified atom stereocenters. The fourth-order valence-electron chi connectivity index (χ4n) is 3.84. The molecule has 30 heavy (non-hydrogen) atoms. The van der Waals surface area contributed by atoms with Crippen LogP contribution in [-0.4, -0.2) is 33.0 Å². The molecule has 1 aromatic heterocycles. The van der Waals surface area contributed by atoms with Crippen molar-refractivity contribution in [3.63, 3.8) is 0 Å². The van der Waals surface area contributed by atoms with Crippen molar-refractivity contribution in [2.24, 2.45) is 7.05 Å². The monoisotopic (exact) mass is 406 g/mol. The van der Waals surface area contributed by atoms with Gasteiger partial charge in [-0.05, 0) is 24.6 Å². The van der Waals surface area contributed by atoms with Crippen LogP contribution in [0.15, 0.2) is 48.5 Å². The first-order valence-electron chi connectivity index (χ1n) is 9.86. The van der Waals surface area contributed by atoms with Crippen LogP contribution in [0.5, 0.6) is 0 Å². The van der Waals surface area contributed by atoms with Gasteiger partial charge < -0.3 is 10.2 Å². The van der Waals surface area contributed by atoms with Gasteiger partial charge in [-0.1, -0.05) is 42.0 Å². The molecule has 0 bridgehead atoms. The number of carbonyl (C=O) groups excluding carboxylic acids is 2. The first-order chi connectivity index (χ1) is 14.4.